The van der Waals surface area contributed by atoms with E-state index in [4.69, 9.17) is 4.42 Å². The van der Waals surface area contributed by atoms with Crippen LogP contribution >= 0.6 is 0 Å². The highest BCUT2D eigenvalue weighted by Gasteiger charge is 2.49. The van der Waals surface area contributed by atoms with Gasteiger partial charge in [0.05, 0.1) is 0 Å². The molecule has 0 spiro atoms. The first-order chi connectivity index (χ1) is 34.4. The van der Waals surface area contributed by atoms with Gasteiger partial charge in [0.1, 0.15) is 11.2 Å². The molecule has 13 rings (SSSR count). The van der Waals surface area contributed by atoms with Crippen molar-refractivity contribution in [2.24, 2.45) is 0 Å². The van der Waals surface area contributed by atoms with Crippen LogP contribution in [0.15, 0.2) is 114 Å². The zero-order valence-corrected chi connectivity index (χ0v) is 46.5. The summed E-state index contributed by atoms with van der Waals surface area (Å²) >= 11 is 0. The van der Waals surface area contributed by atoms with Gasteiger partial charge in [0, 0.05) is 50.8 Å². The monoisotopic (exact) mass is 959 g/mol. The third kappa shape index (κ3) is 6.69. The molecular formula is C69H75BN2O. The van der Waals surface area contributed by atoms with Gasteiger partial charge < -0.3 is 14.1 Å². The van der Waals surface area contributed by atoms with Crippen LogP contribution < -0.4 is 20.6 Å². The van der Waals surface area contributed by atoms with Crippen LogP contribution in [-0.2, 0) is 32.5 Å². The Morgan fingerprint density at radius 2 is 0.959 bits per heavy atom. The zero-order valence-electron chi connectivity index (χ0n) is 46.5. The van der Waals surface area contributed by atoms with Gasteiger partial charge in [-0.05, 0) is 218 Å². The maximum absolute atomic E-state index is 6.94. The molecule has 3 heterocycles. The van der Waals surface area contributed by atoms with E-state index in [0.29, 0.717) is 0 Å². The third-order valence-electron chi connectivity index (χ3n) is 19.8. The first-order valence-corrected chi connectivity index (χ1v) is 27.7. The number of aryl methyl sites for hydroxylation is 3. The number of furan rings is 1. The number of hydrogen-bond acceptors (Lipinski definition) is 3. The quantitative estimate of drug-likeness (QED) is 0.165. The van der Waals surface area contributed by atoms with Gasteiger partial charge in [-0.15, -0.1) is 0 Å². The summed E-state index contributed by atoms with van der Waals surface area (Å²) in [5, 5.41) is 2.33. The Bertz CT molecular complexity index is 3680. The molecule has 8 aromatic rings. The lowest BCUT2D eigenvalue weighted by Gasteiger charge is -2.49. The number of hydrogen-bond donors (Lipinski definition) is 0. The van der Waals surface area contributed by atoms with Gasteiger partial charge in [0.2, 0.25) is 0 Å². The fourth-order valence-electron chi connectivity index (χ4n) is 14.9. The number of para-hydroxylation sites is 1. The fourth-order valence-corrected chi connectivity index (χ4v) is 14.9. The van der Waals surface area contributed by atoms with Crippen LogP contribution in [0.2, 0.25) is 0 Å². The smallest absolute Gasteiger partial charge is 0.333 e. The number of rotatable bonds is 3. The zero-order chi connectivity index (χ0) is 51.3. The minimum absolute atomic E-state index is 0.0223. The van der Waals surface area contributed by atoms with Crippen LogP contribution in [0, 0.1) is 20.8 Å². The first kappa shape index (κ1) is 46.8. The molecule has 73 heavy (non-hydrogen) atoms. The van der Waals surface area contributed by atoms with Crippen molar-refractivity contribution in [2.45, 2.75) is 175 Å². The lowest BCUT2D eigenvalue weighted by atomic mass is 9.43. The van der Waals surface area contributed by atoms with Gasteiger partial charge in [0.15, 0.2) is 0 Å². The van der Waals surface area contributed by atoms with Crippen molar-refractivity contribution in [1.82, 2.24) is 0 Å². The molecule has 0 N–H and O–H groups in total. The Hall–Kier alpha value is -6.00. The lowest BCUT2D eigenvalue weighted by Crippen LogP contribution is -2.61. The molecule has 0 fully saturated rings. The summed E-state index contributed by atoms with van der Waals surface area (Å²) in [6.45, 7) is 36.5. The highest BCUT2D eigenvalue weighted by atomic mass is 16.3. The van der Waals surface area contributed by atoms with Gasteiger partial charge in [-0.1, -0.05) is 138 Å². The van der Waals surface area contributed by atoms with Crippen LogP contribution in [0.3, 0.4) is 0 Å². The molecule has 2 aliphatic heterocycles. The van der Waals surface area contributed by atoms with E-state index in [1.807, 2.05) is 0 Å². The average molecular weight is 959 g/mol. The standard InChI is InChI=1S/C69H75BN2O/c1-40-19-18-20-41(2)62(40)43-32-48-46-35-52-54(69(14,15)30-28-67(52,10)11)38-57(46)72(44-23-24-49-51(34-44)66(8,9)26-25-64(49,4)5)70-55-36-47-45-21-16-17-22-60(45)73-61(47)39-58(55)71(59(33-43)63(48)70)56-37-53-50(31-42(56)3)65(6,7)27-29-68(53,12)13/h16-24,31-39H,25-30H2,1-15H3. The molecule has 0 saturated heterocycles. The van der Waals surface area contributed by atoms with E-state index < -0.39 is 0 Å². The molecular weight excluding hydrogens is 884 g/mol. The summed E-state index contributed by atoms with van der Waals surface area (Å²) in [7, 11) is 0. The van der Waals surface area contributed by atoms with Crippen molar-refractivity contribution < 1.29 is 4.42 Å². The second kappa shape index (κ2) is 15.1. The van der Waals surface area contributed by atoms with E-state index in [2.05, 4.69) is 223 Å². The Morgan fingerprint density at radius 3 is 1.59 bits per heavy atom. The highest BCUT2D eigenvalue weighted by molar-refractivity contribution is 6.93. The summed E-state index contributed by atoms with van der Waals surface area (Å²) in [4.78, 5) is 5.50. The second-order valence-electron chi connectivity index (χ2n) is 27.5. The molecule has 370 valence electrons. The van der Waals surface area contributed by atoms with E-state index in [0.717, 1.165) is 35.8 Å². The van der Waals surface area contributed by atoms with Crippen molar-refractivity contribution in [3.05, 3.63) is 159 Å². The van der Waals surface area contributed by atoms with Gasteiger partial charge in [-0.3, -0.25) is 0 Å². The van der Waals surface area contributed by atoms with Crippen LogP contribution in [0.5, 0.6) is 0 Å². The molecule has 0 unspecified atom stereocenters. The van der Waals surface area contributed by atoms with Crippen molar-refractivity contribution in [1.29, 1.82) is 0 Å². The molecule has 7 aromatic carbocycles. The summed E-state index contributed by atoms with van der Waals surface area (Å²) in [6, 6.07) is 43.8. The Kier molecular flexibility index (Phi) is 9.66. The van der Waals surface area contributed by atoms with Crippen molar-refractivity contribution in [3.8, 4) is 22.3 Å². The largest absolute Gasteiger partial charge is 0.456 e. The van der Waals surface area contributed by atoms with Crippen molar-refractivity contribution >= 4 is 68.1 Å². The molecule has 0 amide bonds. The topological polar surface area (TPSA) is 19.6 Å². The highest BCUT2D eigenvalue weighted by Crippen LogP contribution is 2.57. The van der Waals surface area contributed by atoms with Crippen LogP contribution in [0.25, 0.3) is 44.2 Å². The molecule has 4 heteroatoms. The molecule has 3 aliphatic carbocycles. The molecule has 3 nitrogen and oxygen atoms in total. The normalized spacial score (nSPS) is 20.0. The summed E-state index contributed by atoms with van der Waals surface area (Å²) in [5.74, 6) is 0. The molecule has 0 bridgehead atoms. The van der Waals surface area contributed by atoms with Gasteiger partial charge in [0.25, 0.3) is 0 Å². The average Bonchev–Trinajstić information content (AvgIpc) is 3.70. The Morgan fingerprint density at radius 1 is 0.411 bits per heavy atom. The maximum atomic E-state index is 6.94. The van der Waals surface area contributed by atoms with E-state index in [9.17, 15) is 0 Å². The minimum atomic E-state index is -0.141. The minimum Gasteiger partial charge on any atom is -0.456 e. The number of fused-ring (bicyclic) bond motifs is 10. The third-order valence-corrected chi connectivity index (χ3v) is 19.8. The Labute approximate surface area is 436 Å². The van der Waals surface area contributed by atoms with Crippen LogP contribution in [-0.4, -0.2) is 6.85 Å². The fraction of sp³-hybridized carbons (Fsp3) is 0.391. The van der Waals surface area contributed by atoms with E-state index in [-0.39, 0.29) is 39.3 Å². The van der Waals surface area contributed by atoms with E-state index >= 15 is 0 Å². The van der Waals surface area contributed by atoms with Crippen LogP contribution in [0.4, 0.5) is 28.4 Å². The molecule has 0 atom stereocenters. The first-order valence-electron chi connectivity index (χ1n) is 27.7. The second-order valence-corrected chi connectivity index (χ2v) is 27.5. The van der Waals surface area contributed by atoms with Crippen LogP contribution in [0.1, 0.15) is 172 Å². The lowest BCUT2D eigenvalue weighted by molar-refractivity contribution is 0.332. The molecule has 0 radical (unpaired) electrons. The predicted octanol–water partition coefficient (Wildman–Crippen LogP) is 17.9. The molecule has 0 saturated carbocycles. The van der Waals surface area contributed by atoms with E-state index in [1.165, 1.54) is 136 Å². The predicted molar refractivity (Wildman–Crippen MR) is 313 cm³/mol. The SMILES string of the molecule is Cc1cc2c(cc1N1c3cc4oc5ccccc5c4cc3B3c4c(cc(-c5c(C)cccc5C)cc41)-c1cc4c(cc1N3c1ccc3c(c1)C(C)(C)CCC3(C)C)C(C)(C)CCC4(C)C)C(C)(C)CCC2(C)C. The summed E-state index contributed by atoms with van der Waals surface area (Å²) in [6.07, 6.45) is 7.01. The van der Waals surface area contributed by atoms with Crippen molar-refractivity contribution in [2.75, 3.05) is 9.71 Å². The van der Waals surface area contributed by atoms with Gasteiger partial charge >= 0.3 is 6.85 Å². The van der Waals surface area contributed by atoms with Crippen molar-refractivity contribution in [3.63, 3.8) is 0 Å². The Balaban J connectivity index is 1.22. The van der Waals surface area contributed by atoms with E-state index in [1.54, 1.807) is 0 Å². The number of nitrogens with zero attached hydrogens (tertiary/aromatic N) is 2. The van der Waals surface area contributed by atoms with Gasteiger partial charge in [-0.2, -0.15) is 0 Å². The number of benzene rings is 7. The summed E-state index contributed by atoms with van der Waals surface area (Å²) in [5.41, 5.74) is 29.3. The molecule has 5 aliphatic rings. The van der Waals surface area contributed by atoms with Gasteiger partial charge in [-0.25, -0.2) is 0 Å². The summed E-state index contributed by atoms with van der Waals surface area (Å²) < 4.78 is 6.94. The maximum Gasteiger partial charge on any atom is 0.333 e. The number of anilines is 5. The molecule has 1 aromatic heterocycles.